The van der Waals surface area contributed by atoms with Gasteiger partial charge in [-0.2, -0.15) is 0 Å². The fourth-order valence-corrected chi connectivity index (χ4v) is 1.70. The number of primary amides is 1. The van der Waals surface area contributed by atoms with Crippen molar-refractivity contribution in [2.75, 3.05) is 13.2 Å². The second kappa shape index (κ2) is 10.9. The maximum Gasteiger partial charge on any atom is 0.220 e. The van der Waals surface area contributed by atoms with Crippen LogP contribution in [0.25, 0.3) is 0 Å². The van der Waals surface area contributed by atoms with Crippen LogP contribution in [0.2, 0.25) is 0 Å². The molecular weight excluding hydrogens is 278 g/mol. The molecule has 0 fully saturated rings. The van der Waals surface area contributed by atoms with Crippen LogP contribution in [-0.4, -0.2) is 48.2 Å². The van der Waals surface area contributed by atoms with Gasteiger partial charge in [-0.1, -0.05) is 0 Å². The zero-order valence-electron chi connectivity index (χ0n) is 12.8. The van der Waals surface area contributed by atoms with Crippen molar-refractivity contribution < 1.29 is 25.7 Å². The summed E-state index contributed by atoms with van der Waals surface area (Å²) in [5.41, 5.74) is 10.8. The molecule has 0 spiro atoms. The predicted molar refractivity (Wildman–Crippen MR) is 74.9 cm³/mol. The van der Waals surface area contributed by atoms with Gasteiger partial charge in [0.15, 0.2) is 0 Å². The number of aliphatic hydroxyl groups excluding tert-OH is 1. The Hall–Kier alpha value is -1.80. The minimum absolute atomic E-state index is 0.00132. The molecule has 120 valence electrons. The highest BCUT2D eigenvalue weighted by molar-refractivity contribution is 5.89. The Balaban J connectivity index is 4.33. The lowest BCUT2D eigenvalue weighted by molar-refractivity contribution is -0.129. The van der Waals surface area contributed by atoms with Gasteiger partial charge in [0.1, 0.15) is 13.4 Å². The van der Waals surface area contributed by atoms with E-state index in [0.29, 0.717) is 0 Å². The molecule has 0 aromatic carbocycles. The van der Waals surface area contributed by atoms with Gasteiger partial charge in [-0.25, -0.2) is 0 Å². The molecule has 0 bridgehead atoms. The molecule has 0 aliphatic carbocycles. The number of carbonyl (C=O) groups is 4. The van der Waals surface area contributed by atoms with Gasteiger partial charge in [0.25, 0.3) is 0 Å². The first-order valence-corrected chi connectivity index (χ1v) is 6.72. The van der Waals surface area contributed by atoms with E-state index in [9.17, 15) is 19.2 Å². The predicted octanol–water partition coefficient (Wildman–Crippen LogP) is -1.76. The monoisotopic (exact) mass is 303 g/mol. The van der Waals surface area contributed by atoms with Gasteiger partial charge in [-0.05, 0) is 12.8 Å². The Morgan fingerprint density at radius 1 is 1.33 bits per heavy atom. The van der Waals surface area contributed by atoms with Gasteiger partial charge in [0.05, 0.1) is 12.6 Å². The third-order valence-corrected chi connectivity index (χ3v) is 2.97. The van der Waals surface area contributed by atoms with E-state index in [2.05, 4.69) is 5.32 Å². The fraction of sp³-hybridized carbons (Fsp3) is 0.692. The summed E-state index contributed by atoms with van der Waals surface area (Å²) in [5.74, 6) is -2.30. The molecule has 21 heavy (non-hydrogen) atoms. The van der Waals surface area contributed by atoms with E-state index in [1.165, 1.54) is 0 Å². The Labute approximate surface area is 124 Å². The number of aliphatic hydroxyl groups is 1. The first-order chi connectivity index (χ1) is 10.3. The zero-order chi connectivity index (χ0) is 17.1. The summed E-state index contributed by atoms with van der Waals surface area (Å²) in [6, 6.07) is -0.931. The molecule has 8 nitrogen and oxygen atoms in total. The molecule has 0 radical (unpaired) electrons. The second-order valence-electron chi connectivity index (χ2n) is 4.67. The van der Waals surface area contributed by atoms with Crippen LogP contribution in [0.4, 0.5) is 0 Å². The van der Waals surface area contributed by atoms with Crippen molar-refractivity contribution in [2.24, 2.45) is 17.4 Å². The Bertz CT molecular complexity index is 416. The number of Topliss-reactive ketones (excluding diaryl/α,β-unsaturated/α-hetero) is 1. The van der Waals surface area contributed by atoms with Crippen LogP contribution in [0.5, 0.6) is 0 Å². The van der Waals surface area contributed by atoms with E-state index in [0.717, 1.165) is 0 Å². The summed E-state index contributed by atoms with van der Waals surface area (Å²) < 4.78 is 6.75. The van der Waals surface area contributed by atoms with Crippen molar-refractivity contribution >= 4 is 23.9 Å². The van der Waals surface area contributed by atoms with Crippen molar-refractivity contribution in [3.8, 4) is 0 Å². The smallest absolute Gasteiger partial charge is 0.220 e. The van der Waals surface area contributed by atoms with E-state index in [-0.39, 0.29) is 51.2 Å². The minimum atomic E-state index is -0.931. The number of nitrogens with two attached hydrogens (primary N) is 2. The lowest BCUT2D eigenvalue weighted by atomic mass is 9.92. The SMILES string of the molecule is [3H]C(=O)CCC(N)C(=O)CC(CCC(=O)NCCO)C(N)=O. The standard InChI is InChI=1S/C13H23N3O5/c14-10(2-1-6-17)11(19)8-9(13(15)21)3-4-12(20)16-5-7-18/h6,9-10,18H,1-5,7-8,14H2,(H2,15,21)(H,16,20)/i6T. The molecule has 2 unspecified atom stereocenters. The summed E-state index contributed by atoms with van der Waals surface area (Å²) in [6.07, 6.45) is -0.989. The maximum absolute atomic E-state index is 11.8. The number of ketones is 1. The van der Waals surface area contributed by atoms with E-state index < -0.39 is 29.9 Å². The highest BCUT2D eigenvalue weighted by Gasteiger charge is 2.23. The van der Waals surface area contributed by atoms with Crippen molar-refractivity contribution in [2.45, 2.75) is 38.1 Å². The molecule has 0 aliphatic heterocycles. The first kappa shape index (κ1) is 17.3. The molecule has 2 atom stereocenters. The van der Waals surface area contributed by atoms with Crippen LogP contribution in [0.15, 0.2) is 0 Å². The zero-order valence-corrected chi connectivity index (χ0v) is 11.8. The normalized spacial score (nSPS) is 13.9. The first-order valence-electron chi connectivity index (χ1n) is 7.22. The van der Waals surface area contributed by atoms with Gasteiger partial charge >= 0.3 is 0 Å². The summed E-state index contributed by atoms with van der Waals surface area (Å²) in [6.45, 7) is -0.0714. The Morgan fingerprint density at radius 3 is 2.52 bits per heavy atom. The molecule has 6 N–H and O–H groups in total. The summed E-state index contributed by atoms with van der Waals surface area (Å²) in [5, 5.41) is 11.0. The van der Waals surface area contributed by atoms with Crippen LogP contribution in [0.3, 0.4) is 0 Å². The van der Waals surface area contributed by atoms with Crippen molar-refractivity contribution in [3.05, 3.63) is 0 Å². The molecule has 0 aliphatic rings. The van der Waals surface area contributed by atoms with Crippen LogP contribution >= 0.6 is 0 Å². The van der Waals surface area contributed by atoms with Crippen molar-refractivity contribution in [1.82, 2.24) is 5.32 Å². The molecule has 0 aromatic heterocycles. The third kappa shape index (κ3) is 8.87. The topological polar surface area (TPSA) is 153 Å². The lowest BCUT2D eigenvalue weighted by Crippen LogP contribution is -2.35. The van der Waals surface area contributed by atoms with E-state index in [4.69, 9.17) is 17.9 Å². The second-order valence-corrected chi connectivity index (χ2v) is 4.67. The van der Waals surface area contributed by atoms with Gasteiger partial charge in [0.2, 0.25) is 11.8 Å². The quantitative estimate of drug-likeness (QED) is 0.313. The van der Waals surface area contributed by atoms with E-state index in [1.54, 1.807) is 0 Å². The van der Waals surface area contributed by atoms with Crippen molar-refractivity contribution in [3.63, 3.8) is 0 Å². The fourth-order valence-electron chi connectivity index (χ4n) is 1.70. The molecule has 8 heteroatoms. The lowest BCUT2D eigenvalue weighted by Gasteiger charge is -2.15. The summed E-state index contributed by atoms with van der Waals surface area (Å²) in [4.78, 5) is 45.1. The number of hydrogen-bond donors (Lipinski definition) is 4. The number of aldehydes is 1. The van der Waals surface area contributed by atoms with Crippen LogP contribution in [0, 0.1) is 5.92 Å². The Morgan fingerprint density at radius 2 is 2.00 bits per heavy atom. The van der Waals surface area contributed by atoms with Crippen LogP contribution in [0.1, 0.15) is 33.5 Å². The highest BCUT2D eigenvalue weighted by Crippen LogP contribution is 2.13. The van der Waals surface area contributed by atoms with E-state index >= 15 is 0 Å². The number of rotatable bonds is 12. The number of carbonyl (C=O) groups excluding carboxylic acids is 4. The molecule has 0 saturated carbocycles. The Kier molecular flexibility index (Phi) is 8.98. The van der Waals surface area contributed by atoms with Gasteiger partial charge < -0.3 is 26.7 Å². The molecule has 0 aromatic rings. The number of hydrogen-bond acceptors (Lipinski definition) is 6. The summed E-state index contributed by atoms with van der Waals surface area (Å²) in [7, 11) is 0. The largest absolute Gasteiger partial charge is 0.395 e. The molecule has 0 rings (SSSR count). The van der Waals surface area contributed by atoms with E-state index in [1.807, 2.05) is 0 Å². The van der Waals surface area contributed by atoms with Gasteiger partial charge in [-0.15, -0.1) is 0 Å². The molecule has 2 amide bonds. The van der Waals surface area contributed by atoms with Crippen molar-refractivity contribution in [1.29, 1.82) is 0 Å². The molecule has 0 saturated heterocycles. The molecule has 0 heterocycles. The van der Waals surface area contributed by atoms with Gasteiger partial charge in [-0.3, -0.25) is 14.4 Å². The number of nitrogens with one attached hydrogen (secondary N) is 1. The van der Waals surface area contributed by atoms with Crippen LogP contribution < -0.4 is 16.8 Å². The third-order valence-electron chi connectivity index (χ3n) is 2.97. The van der Waals surface area contributed by atoms with Gasteiger partial charge in [0, 0.05) is 31.7 Å². The average Bonchev–Trinajstić information content (AvgIpc) is 2.45. The summed E-state index contributed by atoms with van der Waals surface area (Å²) >= 11 is 0. The van der Waals surface area contributed by atoms with Crippen LogP contribution in [-0.2, 0) is 19.2 Å². The maximum atomic E-state index is 11.8. The average molecular weight is 303 g/mol. The minimum Gasteiger partial charge on any atom is -0.395 e. The number of amides is 2. The highest BCUT2D eigenvalue weighted by atomic mass is 16.3. The molecular formula is C13H23N3O5.